The van der Waals surface area contributed by atoms with Gasteiger partial charge in [0, 0.05) is 17.1 Å². The van der Waals surface area contributed by atoms with Gasteiger partial charge in [0.05, 0.1) is 17.6 Å². The van der Waals surface area contributed by atoms with E-state index in [-0.39, 0.29) is 5.56 Å². The fourth-order valence-electron chi connectivity index (χ4n) is 1.71. The molecule has 0 bridgehead atoms. The third-order valence-electron chi connectivity index (χ3n) is 2.62. The first-order valence-corrected chi connectivity index (χ1v) is 6.68. The van der Waals surface area contributed by atoms with Gasteiger partial charge < -0.3 is 5.32 Å². The highest BCUT2D eigenvalue weighted by Crippen LogP contribution is 2.28. The molecule has 3 aromatic rings. The molecule has 0 radical (unpaired) electrons. The lowest BCUT2D eigenvalue weighted by Crippen LogP contribution is -1.91. The van der Waals surface area contributed by atoms with Crippen molar-refractivity contribution in [3.8, 4) is 11.3 Å². The second-order valence-corrected chi connectivity index (χ2v) is 4.89. The average Bonchev–Trinajstić information content (AvgIpc) is 2.91. The number of thiazole rings is 1. The van der Waals surface area contributed by atoms with E-state index in [2.05, 4.69) is 15.3 Å². The summed E-state index contributed by atoms with van der Waals surface area (Å²) < 4.78 is 26.8. The van der Waals surface area contributed by atoms with E-state index < -0.39 is 11.6 Å². The van der Waals surface area contributed by atoms with Crippen molar-refractivity contribution in [1.29, 1.82) is 0 Å². The number of hydrogen-bond donors (Lipinski definition) is 1. The third-order valence-corrected chi connectivity index (χ3v) is 3.38. The van der Waals surface area contributed by atoms with Gasteiger partial charge in [-0.2, -0.15) is 0 Å². The van der Waals surface area contributed by atoms with Crippen molar-refractivity contribution < 1.29 is 8.78 Å². The normalized spacial score (nSPS) is 10.5. The molecule has 1 aromatic carbocycles. The summed E-state index contributed by atoms with van der Waals surface area (Å²) in [4.78, 5) is 8.23. The monoisotopic (exact) mass is 289 g/mol. The molecule has 6 heteroatoms. The molecule has 0 saturated heterocycles. The molecule has 2 heterocycles. The van der Waals surface area contributed by atoms with Gasteiger partial charge in [-0.05, 0) is 30.3 Å². The van der Waals surface area contributed by atoms with E-state index in [0.29, 0.717) is 10.8 Å². The van der Waals surface area contributed by atoms with Crippen LogP contribution in [0, 0.1) is 11.6 Å². The van der Waals surface area contributed by atoms with E-state index in [1.165, 1.54) is 11.3 Å². The minimum atomic E-state index is -0.496. The zero-order valence-electron chi connectivity index (χ0n) is 10.2. The maximum Gasteiger partial charge on any atom is 0.187 e. The zero-order chi connectivity index (χ0) is 13.9. The van der Waals surface area contributed by atoms with Crippen molar-refractivity contribution in [2.45, 2.75) is 0 Å². The van der Waals surface area contributed by atoms with E-state index in [9.17, 15) is 8.78 Å². The van der Waals surface area contributed by atoms with Gasteiger partial charge in [-0.25, -0.2) is 13.8 Å². The van der Waals surface area contributed by atoms with Crippen LogP contribution in [0.3, 0.4) is 0 Å². The lowest BCUT2D eigenvalue weighted by molar-refractivity contribution is 0.603. The Labute approximate surface area is 118 Å². The van der Waals surface area contributed by atoms with Crippen LogP contribution >= 0.6 is 11.3 Å². The number of aromatic nitrogens is 2. The Hall–Kier alpha value is -2.34. The number of rotatable bonds is 3. The Balaban J connectivity index is 1.88. The molecule has 0 spiro atoms. The van der Waals surface area contributed by atoms with Gasteiger partial charge in [0.1, 0.15) is 11.6 Å². The van der Waals surface area contributed by atoms with Crippen molar-refractivity contribution in [3.05, 3.63) is 59.7 Å². The summed E-state index contributed by atoms with van der Waals surface area (Å²) in [5, 5.41) is 5.33. The highest BCUT2D eigenvalue weighted by molar-refractivity contribution is 7.14. The summed E-state index contributed by atoms with van der Waals surface area (Å²) in [6.45, 7) is 0. The molecular weight excluding hydrogens is 280 g/mol. The van der Waals surface area contributed by atoms with Gasteiger partial charge in [-0.3, -0.25) is 4.98 Å². The molecule has 0 aliphatic rings. The van der Waals surface area contributed by atoms with Gasteiger partial charge in [-0.15, -0.1) is 11.3 Å². The molecule has 0 aliphatic carbocycles. The van der Waals surface area contributed by atoms with Crippen LogP contribution in [-0.4, -0.2) is 9.97 Å². The molecule has 20 heavy (non-hydrogen) atoms. The number of benzene rings is 1. The van der Waals surface area contributed by atoms with Crippen LogP contribution in [0.4, 0.5) is 19.6 Å². The highest BCUT2D eigenvalue weighted by Gasteiger charge is 2.10. The molecule has 0 unspecified atom stereocenters. The van der Waals surface area contributed by atoms with E-state index >= 15 is 0 Å². The summed E-state index contributed by atoms with van der Waals surface area (Å²) in [6, 6.07) is 6.95. The van der Waals surface area contributed by atoms with Crippen molar-refractivity contribution in [3.63, 3.8) is 0 Å². The van der Waals surface area contributed by atoms with Crippen LogP contribution in [0.2, 0.25) is 0 Å². The minimum absolute atomic E-state index is 0.153. The molecule has 2 aromatic heterocycles. The summed E-state index contributed by atoms with van der Waals surface area (Å²) in [5.74, 6) is -0.985. The molecule has 1 N–H and O–H groups in total. The Kier molecular flexibility index (Phi) is 3.39. The molecule has 100 valence electrons. The molecule has 3 nitrogen and oxygen atoms in total. The van der Waals surface area contributed by atoms with E-state index in [4.69, 9.17) is 0 Å². The lowest BCUT2D eigenvalue weighted by atomic mass is 10.1. The molecule has 3 rings (SSSR count). The van der Waals surface area contributed by atoms with Gasteiger partial charge in [-0.1, -0.05) is 0 Å². The summed E-state index contributed by atoms with van der Waals surface area (Å²) in [7, 11) is 0. The number of nitrogens with zero attached hydrogens (tertiary/aromatic N) is 2. The van der Waals surface area contributed by atoms with Crippen molar-refractivity contribution in [2.24, 2.45) is 0 Å². The summed E-state index contributed by atoms with van der Waals surface area (Å²) in [6.07, 6.45) is 3.32. The highest BCUT2D eigenvalue weighted by atomic mass is 32.1. The molecule has 0 aliphatic heterocycles. The molecule has 0 amide bonds. The first kappa shape index (κ1) is 12.7. The summed E-state index contributed by atoms with van der Waals surface area (Å²) >= 11 is 1.31. The number of anilines is 2. The Morgan fingerprint density at radius 3 is 2.85 bits per heavy atom. The first-order chi connectivity index (χ1) is 9.72. The second-order valence-electron chi connectivity index (χ2n) is 4.03. The smallest absolute Gasteiger partial charge is 0.187 e. The molecule has 0 atom stereocenters. The third kappa shape index (κ3) is 2.65. The van der Waals surface area contributed by atoms with Crippen molar-refractivity contribution in [2.75, 3.05) is 5.32 Å². The van der Waals surface area contributed by atoms with Crippen LogP contribution in [-0.2, 0) is 0 Å². The topological polar surface area (TPSA) is 37.8 Å². The molecular formula is C14H9F2N3S. The number of nitrogens with one attached hydrogen (secondary N) is 1. The Morgan fingerprint density at radius 2 is 2.05 bits per heavy atom. The minimum Gasteiger partial charge on any atom is -0.330 e. The maximum atomic E-state index is 13.7. The zero-order valence-corrected chi connectivity index (χ0v) is 11.0. The number of pyridine rings is 1. The van der Waals surface area contributed by atoms with Gasteiger partial charge in [0.15, 0.2) is 5.13 Å². The van der Waals surface area contributed by atoms with Crippen LogP contribution in [0.1, 0.15) is 0 Å². The predicted molar refractivity (Wildman–Crippen MR) is 75.0 cm³/mol. The number of hydrogen-bond acceptors (Lipinski definition) is 4. The van der Waals surface area contributed by atoms with Crippen LogP contribution in [0.25, 0.3) is 11.3 Å². The van der Waals surface area contributed by atoms with E-state index in [1.807, 2.05) is 6.07 Å². The molecule has 0 saturated carbocycles. The standard InChI is InChI=1S/C14H9F2N3S/c15-9-3-4-12(16)11(6-9)13-8-20-14(19-13)18-10-2-1-5-17-7-10/h1-8H,(H,18,19). The fourth-order valence-corrected chi connectivity index (χ4v) is 2.44. The van der Waals surface area contributed by atoms with Gasteiger partial charge in [0.2, 0.25) is 0 Å². The SMILES string of the molecule is Fc1ccc(F)c(-c2csc(Nc3cccnc3)n2)c1. The fraction of sp³-hybridized carbons (Fsp3) is 0. The Morgan fingerprint density at radius 1 is 1.15 bits per heavy atom. The van der Waals surface area contributed by atoms with E-state index in [0.717, 1.165) is 23.9 Å². The molecule has 0 fully saturated rings. The Bertz CT molecular complexity index is 728. The lowest BCUT2D eigenvalue weighted by Gasteiger charge is -2.01. The maximum absolute atomic E-state index is 13.7. The quantitative estimate of drug-likeness (QED) is 0.784. The second kappa shape index (κ2) is 5.34. The van der Waals surface area contributed by atoms with Crippen LogP contribution in [0.5, 0.6) is 0 Å². The summed E-state index contributed by atoms with van der Waals surface area (Å²) in [5.41, 5.74) is 1.34. The van der Waals surface area contributed by atoms with Gasteiger partial charge in [0.25, 0.3) is 0 Å². The van der Waals surface area contributed by atoms with Gasteiger partial charge >= 0.3 is 0 Å². The predicted octanol–water partition coefficient (Wildman–Crippen LogP) is 4.23. The van der Waals surface area contributed by atoms with E-state index in [1.54, 1.807) is 23.8 Å². The number of halogens is 2. The van der Waals surface area contributed by atoms with Crippen LogP contribution in [0.15, 0.2) is 48.1 Å². The first-order valence-electron chi connectivity index (χ1n) is 5.80. The van der Waals surface area contributed by atoms with Crippen molar-refractivity contribution in [1.82, 2.24) is 9.97 Å². The van der Waals surface area contributed by atoms with Crippen LogP contribution < -0.4 is 5.32 Å². The average molecular weight is 289 g/mol. The van der Waals surface area contributed by atoms with Crippen molar-refractivity contribution >= 4 is 22.2 Å². The largest absolute Gasteiger partial charge is 0.330 e.